The molecule has 4 rings (SSSR count). The molecule has 0 heterocycles. The van der Waals surface area contributed by atoms with Crippen molar-refractivity contribution in [1.82, 2.24) is 5.32 Å². The highest BCUT2D eigenvalue weighted by atomic mass is 19.4. The number of anilines is 2. The number of allylic oxidation sites excluding steroid dienone is 2. The third kappa shape index (κ3) is 7.97. The van der Waals surface area contributed by atoms with Crippen LogP contribution in [0.1, 0.15) is 52.7 Å². The molecule has 3 amide bonds. The maximum atomic E-state index is 13.4. The summed E-state index contributed by atoms with van der Waals surface area (Å²) in [5, 5.41) is 23.0. The Balaban J connectivity index is 1.55. The third-order valence-corrected chi connectivity index (χ3v) is 6.82. The number of aliphatic carboxylic acids is 1. The van der Waals surface area contributed by atoms with E-state index in [0.29, 0.717) is 11.3 Å². The number of alkyl halides is 3. The molecule has 42 heavy (non-hydrogen) atoms. The molecule has 3 aromatic rings. The van der Waals surface area contributed by atoms with Crippen molar-refractivity contribution in [2.75, 3.05) is 16.8 Å². The zero-order valence-electron chi connectivity index (χ0n) is 22.5. The van der Waals surface area contributed by atoms with Crippen LogP contribution in [0.15, 0.2) is 78.9 Å². The molecule has 0 saturated heterocycles. The summed E-state index contributed by atoms with van der Waals surface area (Å²) in [7, 11) is 0. The molecular weight excluding hydrogens is 551 g/mol. The van der Waals surface area contributed by atoms with Gasteiger partial charge in [-0.2, -0.15) is 13.2 Å². The molecule has 0 saturated carbocycles. The number of carbonyl (C=O) groups is 3. The number of hydrogen-bond donors (Lipinski definition) is 4. The van der Waals surface area contributed by atoms with Gasteiger partial charge in [-0.1, -0.05) is 36.4 Å². The van der Waals surface area contributed by atoms with Crippen LogP contribution in [-0.2, 0) is 17.5 Å². The standard InChI is InChI=1S/C31H30F3N3O5/c32-31(33,34)24-7-4-8-25(17-24)36-30(42)37(26-15-13-22(14-16-26)21-5-2-1-3-6-21)19-20-9-11-23(12-10-20)28(39)35-18-27(38)29(40)41/h4-5,7-17,27,38H,1-3,6,18-19H2,(H,35,39)(H,36,42)(H,40,41). The van der Waals surface area contributed by atoms with Crippen molar-refractivity contribution in [2.24, 2.45) is 0 Å². The summed E-state index contributed by atoms with van der Waals surface area (Å²) in [4.78, 5) is 37.9. The predicted molar refractivity (Wildman–Crippen MR) is 152 cm³/mol. The van der Waals surface area contributed by atoms with E-state index in [9.17, 15) is 32.7 Å². The minimum absolute atomic E-state index is 0.0145. The SMILES string of the molecule is O=C(NCC(O)C(=O)O)c1ccc(CN(C(=O)Nc2cccc(C(F)(F)F)c2)c2ccc(C3=CCCCC3)cc2)cc1. The fraction of sp³-hybridized carbons (Fsp3) is 0.258. The molecule has 0 aliphatic heterocycles. The average molecular weight is 582 g/mol. The van der Waals surface area contributed by atoms with E-state index in [2.05, 4.69) is 16.7 Å². The van der Waals surface area contributed by atoms with Gasteiger partial charge in [-0.25, -0.2) is 9.59 Å². The summed E-state index contributed by atoms with van der Waals surface area (Å²) in [6.07, 6.45) is 0.132. The number of hydrogen-bond acceptors (Lipinski definition) is 4. The Labute approximate surface area is 240 Å². The number of carbonyl (C=O) groups excluding carboxylic acids is 2. The maximum Gasteiger partial charge on any atom is 0.416 e. The van der Waals surface area contributed by atoms with Gasteiger partial charge in [0.2, 0.25) is 0 Å². The van der Waals surface area contributed by atoms with E-state index in [-0.39, 0.29) is 17.8 Å². The molecule has 1 aliphatic rings. The van der Waals surface area contributed by atoms with Crippen LogP contribution in [-0.4, -0.2) is 40.8 Å². The average Bonchev–Trinajstić information content (AvgIpc) is 2.99. The van der Waals surface area contributed by atoms with Gasteiger partial charge < -0.3 is 20.8 Å². The van der Waals surface area contributed by atoms with E-state index >= 15 is 0 Å². The second kappa shape index (κ2) is 13.3. The molecule has 4 N–H and O–H groups in total. The van der Waals surface area contributed by atoms with Crippen molar-refractivity contribution in [1.29, 1.82) is 0 Å². The molecule has 0 fully saturated rings. The summed E-state index contributed by atoms with van der Waals surface area (Å²) < 4.78 is 39.7. The van der Waals surface area contributed by atoms with E-state index in [1.807, 2.05) is 12.1 Å². The first-order chi connectivity index (χ1) is 20.0. The fourth-order valence-corrected chi connectivity index (χ4v) is 4.52. The Bertz CT molecular complexity index is 1450. The summed E-state index contributed by atoms with van der Waals surface area (Å²) in [5.74, 6) is -2.05. The van der Waals surface area contributed by atoms with Crippen LogP contribution in [0.2, 0.25) is 0 Å². The Morgan fingerprint density at radius 2 is 1.67 bits per heavy atom. The number of aliphatic hydroxyl groups excluding tert-OH is 1. The number of aliphatic hydroxyl groups is 1. The minimum atomic E-state index is -4.57. The molecule has 11 heteroatoms. The molecule has 0 aromatic heterocycles. The van der Waals surface area contributed by atoms with Gasteiger partial charge in [0.15, 0.2) is 6.10 Å². The van der Waals surface area contributed by atoms with Gasteiger partial charge in [0.1, 0.15) is 0 Å². The number of nitrogens with zero attached hydrogens (tertiary/aromatic N) is 1. The van der Waals surface area contributed by atoms with E-state index < -0.39 is 42.3 Å². The monoisotopic (exact) mass is 581 g/mol. The van der Waals surface area contributed by atoms with Crippen LogP contribution in [0, 0.1) is 0 Å². The molecule has 1 aliphatic carbocycles. The molecule has 3 aromatic carbocycles. The number of carboxylic acid groups (broad SMARTS) is 1. The normalized spacial score (nSPS) is 14.0. The van der Waals surface area contributed by atoms with E-state index in [1.165, 1.54) is 34.7 Å². The number of urea groups is 1. The highest BCUT2D eigenvalue weighted by molar-refractivity contribution is 6.02. The summed E-state index contributed by atoms with van der Waals surface area (Å²) in [6, 6.07) is 17.3. The molecule has 1 unspecified atom stereocenters. The number of amides is 3. The van der Waals surface area contributed by atoms with Gasteiger partial charge in [0.05, 0.1) is 18.7 Å². The summed E-state index contributed by atoms with van der Waals surface area (Å²) >= 11 is 0. The Hall–Kier alpha value is -4.64. The van der Waals surface area contributed by atoms with Crippen LogP contribution < -0.4 is 15.5 Å². The number of nitrogens with one attached hydrogen (secondary N) is 2. The lowest BCUT2D eigenvalue weighted by Crippen LogP contribution is -2.36. The van der Waals surface area contributed by atoms with Gasteiger partial charge >= 0.3 is 18.2 Å². The van der Waals surface area contributed by atoms with Gasteiger partial charge in [-0.15, -0.1) is 0 Å². The first-order valence-corrected chi connectivity index (χ1v) is 13.3. The largest absolute Gasteiger partial charge is 0.479 e. The second-order valence-corrected chi connectivity index (χ2v) is 9.88. The van der Waals surface area contributed by atoms with Crippen molar-refractivity contribution in [3.05, 3.63) is 101 Å². The first kappa shape index (κ1) is 30.3. The van der Waals surface area contributed by atoms with E-state index in [1.54, 1.807) is 24.3 Å². The maximum absolute atomic E-state index is 13.4. The zero-order chi connectivity index (χ0) is 30.3. The number of carboxylic acids is 1. The molecule has 8 nitrogen and oxygen atoms in total. The quantitative estimate of drug-likeness (QED) is 0.244. The van der Waals surface area contributed by atoms with Crippen LogP contribution in [0.4, 0.5) is 29.3 Å². The molecular formula is C31H30F3N3O5. The van der Waals surface area contributed by atoms with Crippen molar-refractivity contribution in [3.8, 4) is 0 Å². The predicted octanol–water partition coefficient (Wildman–Crippen LogP) is 6.08. The Morgan fingerprint density at radius 3 is 2.29 bits per heavy atom. The topological polar surface area (TPSA) is 119 Å². The van der Waals surface area contributed by atoms with Crippen molar-refractivity contribution < 1.29 is 37.8 Å². The lowest BCUT2D eigenvalue weighted by Gasteiger charge is -2.24. The van der Waals surface area contributed by atoms with Crippen molar-refractivity contribution >= 4 is 34.9 Å². The number of rotatable bonds is 9. The fourth-order valence-electron chi connectivity index (χ4n) is 4.52. The number of halogens is 3. The van der Waals surface area contributed by atoms with Gasteiger partial charge in [0.25, 0.3) is 5.91 Å². The van der Waals surface area contributed by atoms with Gasteiger partial charge in [-0.3, -0.25) is 9.69 Å². The van der Waals surface area contributed by atoms with Crippen molar-refractivity contribution in [3.63, 3.8) is 0 Å². The highest BCUT2D eigenvalue weighted by Gasteiger charge is 2.30. The molecule has 220 valence electrons. The molecule has 0 spiro atoms. The van der Waals surface area contributed by atoms with Crippen LogP contribution in [0.5, 0.6) is 0 Å². The van der Waals surface area contributed by atoms with Gasteiger partial charge in [0, 0.05) is 16.9 Å². The van der Waals surface area contributed by atoms with Crippen LogP contribution in [0.3, 0.4) is 0 Å². The van der Waals surface area contributed by atoms with Gasteiger partial charge in [-0.05, 0) is 84.8 Å². The van der Waals surface area contributed by atoms with E-state index in [0.717, 1.165) is 43.4 Å². The second-order valence-electron chi connectivity index (χ2n) is 9.88. The molecule has 0 radical (unpaired) electrons. The Morgan fingerprint density at radius 1 is 0.952 bits per heavy atom. The summed E-state index contributed by atoms with van der Waals surface area (Å²) in [6.45, 7) is -0.432. The van der Waals surface area contributed by atoms with Crippen LogP contribution >= 0.6 is 0 Å². The minimum Gasteiger partial charge on any atom is -0.479 e. The zero-order valence-corrected chi connectivity index (χ0v) is 22.5. The van der Waals surface area contributed by atoms with Crippen molar-refractivity contribution in [2.45, 2.75) is 44.5 Å². The Kier molecular flexibility index (Phi) is 9.64. The smallest absolute Gasteiger partial charge is 0.416 e. The van der Waals surface area contributed by atoms with E-state index in [4.69, 9.17) is 5.11 Å². The van der Waals surface area contributed by atoms with Crippen LogP contribution in [0.25, 0.3) is 5.57 Å². The molecule has 1 atom stereocenters. The number of benzene rings is 3. The first-order valence-electron chi connectivity index (χ1n) is 13.3. The molecule has 0 bridgehead atoms. The third-order valence-electron chi connectivity index (χ3n) is 6.82. The lowest BCUT2D eigenvalue weighted by molar-refractivity contribution is -0.146. The highest BCUT2D eigenvalue weighted by Crippen LogP contribution is 2.32. The lowest BCUT2D eigenvalue weighted by atomic mass is 9.93. The summed E-state index contributed by atoms with van der Waals surface area (Å²) in [5.41, 5.74) is 2.72.